The third kappa shape index (κ3) is 8.64. The highest BCUT2D eigenvalue weighted by molar-refractivity contribution is 8.03. The highest BCUT2D eigenvalue weighted by Gasteiger charge is 2.48. The second kappa shape index (κ2) is 13.1. The Balaban J connectivity index is 1.94. The number of carbonyl (C=O) groups is 3. The highest BCUT2D eigenvalue weighted by Crippen LogP contribution is 2.49. The molecule has 0 bridgehead atoms. The van der Waals surface area contributed by atoms with Crippen molar-refractivity contribution >= 4 is 35.4 Å². The number of hydrogen-bond donors (Lipinski definition) is 3. The summed E-state index contributed by atoms with van der Waals surface area (Å²) in [4.78, 5) is 35.5. The van der Waals surface area contributed by atoms with Crippen molar-refractivity contribution in [1.82, 2.24) is 10.2 Å². The molecule has 1 fully saturated rings. The van der Waals surface area contributed by atoms with Crippen LogP contribution < -0.4 is 10.6 Å². The Kier molecular flexibility index (Phi) is 10.1. The number of nitrogens with one attached hydrogen (secondary N) is 2. The standard InChI is InChI=1S/C25H23F6N3O5S/c26-24(27,28)21-15(7-8-19(35)34-9-11-39-12-10-34)3-1-6-18(22(21)25(29,30)31)40-17-5-2-4-16(13-17)33-23(38)32-14-20(36)37/h2-8,13H,1,9-12,14H2,(H,36,37)(H2,32,33,38)/b8-7+. The highest BCUT2D eigenvalue weighted by atomic mass is 32.2. The minimum Gasteiger partial charge on any atom is -0.480 e. The first-order chi connectivity index (χ1) is 18.8. The molecule has 0 aromatic heterocycles. The van der Waals surface area contributed by atoms with Gasteiger partial charge in [0.2, 0.25) is 5.91 Å². The molecule has 3 rings (SSSR count). The summed E-state index contributed by atoms with van der Waals surface area (Å²) in [5.74, 6) is -1.96. The van der Waals surface area contributed by atoms with Crippen molar-refractivity contribution in [3.05, 3.63) is 70.2 Å². The quantitative estimate of drug-likeness (QED) is 0.303. The molecule has 15 heteroatoms. The Labute approximate surface area is 228 Å². The number of nitrogens with zero attached hydrogens (tertiary/aromatic N) is 1. The average Bonchev–Trinajstić information content (AvgIpc) is 3.06. The SMILES string of the molecule is O=C(O)CNC(=O)Nc1cccc(SC2=CCC=C(/C=C/C(=O)N3CCOCC3)C(C(F)(F)F)=C2C(F)(F)F)c1. The van der Waals surface area contributed by atoms with Crippen LogP contribution in [0, 0.1) is 0 Å². The van der Waals surface area contributed by atoms with Gasteiger partial charge in [-0.3, -0.25) is 9.59 Å². The fourth-order valence-electron chi connectivity index (χ4n) is 3.74. The fourth-order valence-corrected chi connectivity index (χ4v) is 4.83. The predicted octanol–water partition coefficient (Wildman–Crippen LogP) is 5.04. The van der Waals surface area contributed by atoms with Crippen molar-refractivity contribution < 1.29 is 50.6 Å². The second-order valence-electron chi connectivity index (χ2n) is 8.31. The van der Waals surface area contributed by atoms with Crippen LogP contribution in [0.15, 0.2) is 75.1 Å². The molecule has 1 aromatic rings. The maximum absolute atomic E-state index is 14.3. The van der Waals surface area contributed by atoms with E-state index in [1.807, 2.05) is 5.32 Å². The van der Waals surface area contributed by atoms with E-state index in [1.165, 1.54) is 29.2 Å². The van der Waals surface area contributed by atoms with E-state index in [2.05, 4.69) is 5.32 Å². The Hall–Kier alpha value is -3.72. The van der Waals surface area contributed by atoms with E-state index in [1.54, 1.807) is 0 Å². The molecule has 1 aliphatic carbocycles. The number of aliphatic carboxylic acids is 1. The summed E-state index contributed by atoms with van der Waals surface area (Å²) in [5.41, 5.74) is -4.56. The van der Waals surface area contributed by atoms with Crippen molar-refractivity contribution in [2.45, 2.75) is 23.7 Å². The molecule has 3 N–H and O–H groups in total. The number of thioether (sulfide) groups is 1. The molecule has 0 spiro atoms. The number of morpholine rings is 1. The lowest BCUT2D eigenvalue weighted by atomic mass is 9.98. The normalized spacial score (nSPS) is 16.8. The zero-order chi connectivity index (χ0) is 29.5. The van der Waals surface area contributed by atoms with Crippen molar-refractivity contribution in [1.29, 1.82) is 0 Å². The number of carboxylic acid groups (broad SMARTS) is 1. The summed E-state index contributed by atoms with van der Waals surface area (Å²) in [5, 5.41) is 13.0. The van der Waals surface area contributed by atoms with Gasteiger partial charge in [0.15, 0.2) is 0 Å². The molecule has 1 aliphatic heterocycles. The Morgan fingerprint density at radius 2 is 1.70 bits per heavy atom. The number of carboxylic acids is 1. The van der Waals surface area contributed by atoms with Crippen LogP contribution in [-0.4, -0.2) is 73.1 Å². The number of ether oxygens (including phenoxy) is 1. The number of allylic oxidation sites excluding steroid dienone is 6. The van der Waals surface area contributed by atoms with Gasteiger partial charge in [-0.1, -0.05) is 30.0 Å². The summed E-state index contributed by atoms with van der Waals surface area (Å²) in [6.07, 6.45) is -7.59. The largest absolute Gasteiger partial charge is 0.480 e. The molecule has 8 nitrogen and oxygen atoms in total. The summed E-state index contributed by atoms with van der Waals surface area (Å²) >= 11 is 0.412. The first kappa shape index (κ1) is 30.8. The minimum absolute atomic E-state index is 0.0686. The first-order valence-corrected chi connectivity index (χ1v) is 12.5. The Bertz CT molecular complexity index is 1260. The van der Waals surface area contributed by atoms with Crippen molar-refractivity contribution in [3.63, 3.8) is 0 Å². The van der Waals surface area contributed by atoms with Gasteiger partial charge in [0.25, 0.3) is 0 Å². The molecule has 1 aromatic carbocycles. The lowest BCUT2D eigenvalue weighted by Gasteiger charge is -2.25. The number of rotatable bonds is 7. The minimum atomic E-state index is -5.42. The van der Waals surface area contributed by atoms with Crippen LogP contribution in [0.1, 0.15) is 6.42 Å². The fraction of sp³-hybridized carbons (Fsp3) is 0.320. The summed E-state index contributed by atoms with van der Waals surface area (Å²) < 4.78 is 90.5. The smallest absolute Gasteiger partial charge is 0.418 e. The Morgan fingerprint density at radius 1 is 1.02 bits per heavy atom. The van der Waals surface area contributed by atoms with E-state index in [0.717, 1.165) is 24.3 Å². The van der Waals surface area contributed by atoms with Crippen LogP contribution in [-0.2, 0) is 14.3 Å². The maximum atomic E-state index is 14.3. The Morgan fingerprint density at radius 3 is 2.33 bits per heavy atom. The van der Waals surface area contributed by atoms with Crippen LogP contribution in [0.4, 0.5) is 36.8 Å². The third-order valence-corrected chi connectivity index (χ3v) is 6.52. The van der Waals surface area contributed by atoms with Gasteiger partial charge in [-0.15, -0.1) is 0 Å². The van der Waals surface area contributed by atoms with Crippen molar-refractivity contribution in [3.8, 4) is 0 Å². The summed E-state index contributed by atoms with van der Waals surface area (Å²) in [6, 6.07) is 4.39. The van der Waals surface area contributed by atoms with E-state index >= 15 is 0 Å². The number of halogens is 6. The number of alkyl halides is 6. The molecule has 1 heterocycles. The molecule has 1 saturated heterocycles. The maximum Gasteiger partial charge on any atom is 0.418 e. The number of hydrogen-bond acceptors (Lipinski definition) is 5. The zero-order valence-electron chi connectivity index (χ0n) is 20.6. The second-order valence-corrected chi connectivity index (χ2v) is 9.43. The van der Waals surface area contributed by atoms with E-state index in [0.29, 0.717) is 11.8 Å². The van der Waals surface area contributed by atoms with Gasteiger partial charge in [0, 0.05) is 34.7 Å². The van der Waals surface area contributed by atoms with E-state index in [-0.39, 0.29) is 43.3 Å². The van der Waals surface area contributed by atoms with Crippen LogP contribution in [0.3, 0.4) is 0 Å². The number of carbonyl (C=O) groups excluding carboxylic acids is 2. The van der Waals surface area contributed by atoms with E-state index in [9.17, 15) is 40.7 Å². The summed E-state index contributed by atoms with van der Waals surface area (Å²) in [7, 11) is 0. The van der Waals surface area contributed by atoms with Crippen LogP contribution in [0.2, 0.25) is 0 Å². The topological polar surface area (TPSA) is 108 Å². The predicted molar refractivity (Wildman–Crippen MR) is 133 cm³/mol. The summed E-state index contributed by atoms with van der Waals surface area (Å²) in [6.45, 7) is 0.199. The molecule has 0 unspecified atom stereocenters. The molecule has 40 heavy (non-hydrogen) atoms. The van der Waals surface area contributed by atoms with Gasteiger partial charge >= 0.3 is 24.4 Å². The van der Waals surface area contributed by atoms with E-state index in [4.69, 9.17) is 9.84 Å². The van der Waals surface area contributed by atoms with E-state index < -0.39 is 58.4 Å². The van der Waals surface area contributed by atoms with Crippen molar-refractivity contribution in [2.24, 2.45) is 0 Å². The van der Waals surface area contributed by atoms with Gasteiger partial charge in [0.1, 0.15) is 6.54 Å². The molecule has 216 valence electrons. The first-order valence-electron chi connectivity index (χ1n) is 11.6. The van der Waals surface area contributed by atoms with Crippen LogP contribution in [0.25, 0.3) is 0 Å². The monoisotopic (exact) mass is 591 g/mol. The molecule has 0 atom stereocenters. The van der Waals surface area contributed by atoms with Gasteiger partial charge < -0.3 is 25.4 Å². The molecule has 0 saturated carbocycles. The number of amides is 3. The van der Waals surface area contributed by atoms with Crippen molar-refractivity contribution in [2.75, 3.05) is 38.2 Å². The molecule has 3 amide bonds. The lowest BCUT2D eigenvalue weighted by molar-refractivity contribution is -0.135. The zero-order valence-corrected chi connectivity index (χ0v) is 21.4. The van der Waals surface area contributed by atoms with Gasteiger partial charge in [-0.25, -0.2) is 4.79 Å². The molecule has 2 aliphatic rings. The molecule has 0 radical (unpaired) electrons. The van der Waals surface area contributed by atoms with Gasteiger partial charge in [-0.05, 0) is 36.3 Å². The number of benzene rings is 1. The lowest BCUT2D eigenvalue weighted by Crippen LogP contribution is -2.39. The molecular weight excluding hydrogens is 568 g/mol. The van der Waals surface area contributed by atoms with Crippen LogP contribution >= 0.6 is 11.8 Å². The average molecular weight is 592 g/mol. The van der Waals surface area contributed by atoms with Crippen LogP contribution in [0.5, 0.6) is 0 Å². The van der Waals surface area contributed by atoms with Gasteiger partial charge in [-0.2, -0.15) is 26.3 Å². The number of urea groups is 1. The van der Waals surface area contributed by atoms with Gasteiger partial charge in [0.05, 0.1) is 24.4 Å². The third-order valence-electron chi connectivity index (χ3n) is 5.44. The molecular formula is C25H23F6N3O5S. The number of anilines is 1.